The minimum Gasteiger partial charge on any atom is -0.493 e. The van der Waals surface area contributed by atoms with Crippen molar-refractivity contribution in [2.45, 2.75) is 32.6 Å². The van der Waals surface area contributed by atoms with Crippen molar-refractivity contribution in [1.29, 1.82) is 0 Å². The quantitative estimate of drug-likeness (QED) is 0.557. The molecule has 4 N–H and O–H groups in total. The molecular formula is C17H25ClF3N3O4. The Bertz CT molecular complexity index is 657. The largest absolute Gasteiger partial charge is 0.493 e. The molecule has 0 saturated heterocycles. The summed E-state index contributed by atoms with van der Waals surface area (Å²) in [4.78, 5) is 23.5. The minimum atomic E-state index is -4.46. The second-order valence-electron chi connectivity index (χ2n) is 6.15. The van der Waals surface area contributed by atoms with Gasteiger partial charge in [0.2, 0.25) is 11.8 Å². The van der Waals surface area contributed by atoms with Gasteiger partial charge in [-0.05, 0) is 23.6 Å². The van der Waals surface area contributed by atoms with Crippen molar-refractivity contribution in [2.75, 3.05) is 20.3 Å². The van der Waals surface area contributed by atoms with Crippen LogP contribution in [0, 0.1) is 5.92 Å². The molecule has 28 heavy (non-hydrogen) atoms. The van der Waals surface area contributed by atoms with Crippen LogP contribution in [0.3, 0.4) is 0 Å². The molecule has 1 atom stereocenters. The molecule has 0 aliphatic heterocycles. The molecule has 0 aliphatic carbocycles. The SMILES string of the molecule is COc1cc(CNC(=O)CNC(=O)[C@@H](N)C(C)C)ccc1OCC(F)(F)F.Cl. The monoisotopic (exact) mass is 427 g/mol. The van der Waals surface area contributed by atoms with Crippen molar-refractivity contribution in [3.8, 4) is 11.5 Å². The third-order valence-electron chi connectivity index (χ3n) is 3.55. The molecule has 0 fully saturated rings. The van der Waals surface area contributed by atoms with E-state index in [1.807, 2.05) is 0 Å². The Morgan fingerprint density at radius 3 is 2.36 bits per heavy atom. The summed E-state index contributed by atoms with van der Waals surface area (Å²) in [5.41, 5.74) is 6.26. The lowest BCUT2D eigenvalue weighted by molar-refractivity contribution is -0.153. The highest BCUT2D eigenvalue weighted by Gasteiger charge is 2.29. The first kappa shape index (κ1) is 25.8. The van der Waals surface area contributed by atoms with E-state index in [2.05, 4.69) is 15.4 Å². The van der Waals surface area contributed by atoms with Gasteiger partial charge in [-0.25, -0.2) is 0 Å². The highest BCUT2D eigenvalue weighted by Crippen LogP contribution is 2.29. The molecule has 1 rings (SSSR count). The number of nitrogens with two attached hydrogens (primary N) is 1. The molecule has 0 unspecified atom stereocenters. The van der Waals surface area contributed by atoms with Gasteiger partial charge in [0.25, 0.3) is 0 Å². The fourth-order valence-electron chi connectivity index (χ4n) is 1.95. The number of rotatable bonds is 9. The Balaban J connectivity index is 0.00000729. The number of hydrogen-bond acceptors (Lipinski definition) is 5. The summed E-state index contributed by atoms with van der Waals surface area (Å²) < 4.78 is 46.4. The van der Waals surface area contributed by atoms with Gasteiger partial charge in [0.05, 0.1) is 19.7 Å². The maximum Gasteiger partial charge on any atom is 0.422 e. The zero-order valence-corrected chi connectivity index (χ0v) is 16.6. The normalized spacial score (nSPS) is 12.0. The van der Waals surface area contributed by atoms with Crippen LogP contribution in [-0.2, 0) is 16.1 Å². The van der Waals surface area contributed by atoms with Gasteiger partial charge in [0.1, 0.15) is 0 Å². The number of methoxy groups -OCH3 is 1. The lowest BCUT2D eigenvalue weighted by Gasteiger charge is -2.15. The van der Waals surface area contributed by atoms with E-state index in [0.717, 1.165) is 0 Å². The van der Waals surface area contributed by atoms with Gasteiger partial charge in [0, 0.05) is 6.54 Å². The predicted molar refractivity (Wildman–Crippen MR) is 99.5 cm³/mol. The summed E-state index contributed by atoms with van der Waals surface area (Å²) in [5.74, 6) is -0.857. The maximum atomic E-state index is 12.2. The Morgan fingerprint density at radius 1 is 1.18 bits per heavy atom. The van der Waals surface area contributed by atoms with Gasteiger partial charge in [0.15, 0.2) is 18.1 Å². The molecule has 160 valence electrons. The fraction of sp³-hybridized carbons (Fsp3) is 0.529. The number of nitrogens with one attached hydrogen (secondary N) is 2. The molecule has 0 heterocycles. The lowest BCUT2D eigenvalue weighted by Crippen LogP contribution is -2.47. The molecule has 7 nitrogen and oxygen atoms in total. The summed E-state index contributed by atoms with van der Waals surface area (Å²) in [5, 5.41) is 5.01. The molecular weight excluding hydrogens is 403 g/mol. The van der Waals surface area contributed by atoms with Crippen LogP contribution < -0.4 is 25.8 Å². The van der Waals surface area contributed by atoms with Crippen LogP contribution in [-0.4, -0.2) is 44.3 Å². The van der Waals surface area contributed by atoms with Gasteiger partial charge in [-0.15, -0.1) is 12.4 Å². The summed E-state index contributed by atoms with van der Waals surface area (Å²) >= 11 is 0. The fourth-order valence-corrected chi connectivity index (χ4v) is 1.95. The molecule has 2 amide bonds. The summed E-state index contributed by atoms with van der Waals surface area (Å²) in [6, 6.07) is 3.59. The number of halogens is 4. The Labute approximate surface area is 167 Å². The van der Waals surface area contributed by atoms with Crippen LogP contribution in [0.2, 0.25) is 0 Å². The maximum absolute atomic E-state index is 12.2. The van der Waals surface area contributed by atoms with Gasteiger partial charge < -0.3 is 25.8 Å². The van der Waals surface area contributed by atoms with Crippen LogP contribution >= 0.6 is 12.4 Å². The first-order valence-corrected chi connectivity index (χ1v) is 8.20. The number of benzene rings is 1. The third-order valence-corrected chi connectivity index (χ3v) is 3.55. The van der Waals surface area contributed by atoms with Crippen LogP contribution in [0.15, 0.2) is 18.2 Å². The van der Waals surface area contributed by atoms with Gasteiger partial charge in [-0.3, -0.25) is 9.59 Å². The van der Waals surface area contributed by atoms with Crippen LogP contribution in [0.4, 0.5) is 13.2 Å². The highest BCUT2D eigenvalue weighted by molar-refractivity contribution is 5.87. The second-order valence-corrected chi connectivity index (χ2v) is 6.15. The number of hydrogen-bond donors (Lipinski definition) is 3. The molecule has 0 aromatic heterocycles. The summed E-state index contributed by atoms with van der Waals surface area (Å²) in [6.45, 7) is 2.02. The molecule has 0 aliphatic rings. The van der Waals surface area contributed by atoms with Gasteiger partial charge in [-0.1, -0.05) is 19.9 Å². The Kier molecular flexibility index (Phi) is 10.7. The zero-order chi connectivity index (χ0) is 20.6. The Morgan fingerprint density at radius 2 is 1.82 bits per heavy atom. The van der Waals surface area contributed by atoms with Crippen molar-refractivity contribution >= 4 is 24.2 Å². The molecule has 11 heteroatoms. The molecule has 1 aromatic rings. The zero-order valence-electron chi connectivity index (χ0n) is 15.8. The van der Waals surface area contributed by atoms with E-state index >= 15 is 0 Å². The summed E-state index contributed by atoms with van der Waals surface area (Å²) in [6.07, 6.45) is -4.46. The smallest absolute Gasteiger partial charge is 0.422 e. The first-order valence-electron chi connectivity index (χ1n) is 8.20. The molecule has 0 bridgehead atoms. The van der Waals surface area contributed by atoms with Crippen LogP contribution in [0.1, 0.15) is 19.4 Å². The van der Waals surface area contributed by atoms with Crippen LogP contribution in [0.5, 0.6) is 11.5 Å². The second kappa shape index (κ2) is 11.6. The minimum absolute atomic E-state index is 0. The average molecular weight is 428 g/mol. The number of carbonyl (C=O) groups excluding carboxylic acids is 2. The average Bonchev–Trinajstić information content (AvgIpc) is 2.61. The topological polar surface area (TPSA) is 103 Å². The van der Waals surface area contributed by atoms with E-state index in [-0.39, 0.29) is 42.9 Å². The Hall–Kier alpha value is -2.20. The van der Waals surface area contributed by atoms with E-state index in [9.17, 15) is 22.8 Å². The van der Waals surface area contributed by atoms with Crippen molar-refractivity contribution < 1.29 is 32.2 Å². The summed E-state index contributed by atoms with van der Waals surface area (Å²) in [7, 11) is 1.30. The molecule has 0 radical (unpaired) electrons. The van der Waals surface area contributed by atoms with E-state index in [4.69, 9.17) is 10.5 Å². The lowest BCUT2D eigenvalue weighted by atomic mass is 10.1. The van der Waals surface area contributed by atoms with E-state index in [1.165, 1.54) is 25.3 Å². The van der Waals surface area contributed by atoms with E-state index in [1.54, 1.807) is 13.8 Å². The standard InChI is InChI=1S/C17H24F3N3O4.ClH/c1-10(2)15(21)16(25)23-8-14(24)22-7-11-4-5-12(13(6-11)26-3)27-9-17(18,19)20;/h4-6,10,15H,7-9,21H2,1-3H3,(H,22,24)(H,23,25);1H/t15-;/m0./s1. The van der Waals surface area contributed by atoms with Crippen LogP contribution in [0.25, 0.3) is 0 Å². The van der Waals surface area contributed by atoms with Crippen molar-refractivity contribution in [3.05, 3.63) is 23.8 Å². The number of carbonyl (C=O) groups is 2. The van der Waals surface area contributed by atoms with E-state index < -0.39 is 30.6 Å². The van der Waals surface area contributed by atoms with Crippen molar-refractivity contribution in [1.82, 2.24) is 10.6 Å². The molecule has 0 saturated carbocycles. The molecule has 1 aromatic carbocycles. The number of alkyl halides is 3. The highest BCUT2D eigenvalue weighted by atomic mass is 35.5. The third kappa shape index (κ3) is 9.14. The molecule has 0 spiro atoms. The van der Waals surface area contributed by atoms with E-state index in [0.29, 0.717) is 5.56 Å². The van der Waals surface area contributed by atoms with Gasteiger partial charge in [-0.2, -0.15) is 13.2 Å². The number of ether oxygens (including phenoxy) is 2. The number of amides is 2. The van der Waals surface area contributed by atoms with Crippen molar-refractivity contribution in [3.63, 3.8) is 0 Å². The predicted octanol–water partition coefficient (Wildman–Crippen LogP) is 1.77. The first-order chi connectivity index (χ1) is 12.5. The van der Waals surface area contributed by atoms with Gasteiger partial charge >= 0.3 is 6.18 Å². The van der Waals surface area contributed by atoms with Crippen molar-refractivity contribution in [2.24, 2.45) is 11.7 Å².